The van der Waals surface area contributed by atoms with E-state index in [4.69, 9.17) is 0 Å². The van der Waals surface area contributed by atoms with Crippen molar-refractivity contribution in [3.63, 3.8) is 0 Å². The maximum Gasteiger partial charge on any atom is 0.0727 e. The number of hydrogen-bond donors (Lipinski definition) is 0. The highest BCUT2D eigenvalue weighted by Crippen LogP contribution is 2.65. The van der Waals surface area contributed by atoms with E-state index in [0.717, 1.165) is 22.7 Å². The standard InChI is InChI=1S/C61H40N2/c1-3-17-41(18-4-1)43-31-35-45(36-32-43)62(46-37-33-44(34-38-46)42-19-5-2-6-20-42)59-40-47(63-57-29-15-10-23-50(57)51-24-11-16-30-58(51)63)39-56-60(59)52-25-9-14-28-55(52)61(56)53-26-12-7-21-48(53)49-22-8-13-27-54(49)61/h1-40H. The van der Waals surface area contributed by atoms with Crippen LogP contribution in [0.25, 0.3) is 72.0 Å². The zero-order valence-electron chi connectivity index (χ0n) is 34.5. The summed E-state index contributed by atoms with van der Waals surface area (Å²) in [6.07, 6.45) is 0. The van der Waals surface area contributed by atoms with Crippen molar-refractivity contribution in [1.82, 2.24) is 4.57 Å². The maximum absolute atomic E-state index is 2.52. The molecular formula is C61H40N2. The Kier molecular flexibility index (Phi) is 7.85. The van der Waals surface area contributed by atoms with E-state index in [1.807, 2.05) is 0 Å². The van der Waals surface area contributed by atoms with Gasteiger partial charge in [-0.3, -0.25) is 0 Å². The van der Waals surface area contributed by atoms with Crippen molar-refractivity contribution in [2.24, 2.45) is 0 Å². The molecule has 10 aromatic carbocycles. The Bertz CT molecular complexity index is 3360. The Hall–Kier alpha value is -8.20. The molecular weight excluding hydrogens is 761 g/mol. The fourth-order valence-corrected chi connectivity index (χ4v) is 11.0. The number of nitrogens with zero attached hydrogens (tertiary/aromatic N) is 2. The minimum Gasteiger partial charge on any atom is -0.310 e. The summed E-state index contributed by atoms with van der Waals surface area (Å²) in [4.78, 5) is 2.50. The molecule has 2 aliphatic carbocycles. The van der Waals surface area contributed by atoms with Gasteiger partial charge in [-0.15, -0.1) is 0 Å². The van der Waals surface area contributed by atoms with Crippen molar-refractivity contribution < 1.29 is 0 Å². The summed E-state index contributed by atoms with van der Waals surface area (Å²) >= 11 is 0. The molecule has 1 heterocycles. The van der Waals surface area contributed by atoms with E-state index in [0.29, 0.717) is 0 Å². The largest absolute Gasteiger partial charge is 0.310 e. The van der Waals surface area contributed by atoms with Crippen molar-refractivity contribution in [2.45, 2.75) is 5.41 Å². The summed E-state index contributed by atoms with van der Waals surface area (Å²) < 4.78 is 2.49. The number of anilines is 3. The lowest BCUT2D eigenvalue weighted by molar-refractivity contribution is 0.792. The summed E-state index contributed by atoms with van der Waals surface area (Å²) in [5.74, 6) is 0. The van der Waals surface area contributed by atoms with E-state index in [2.05, 4.69) is 252 Å². The van der Waals surface area contributed by atoms with Gasteiger partial charge in [-0.05, 0) is 110 Å². The molecule has 0 fully saturated rings. The summed E-state index contributed by atoms with van der Waals surface area (Å²) in [5, 5.41) is 2.49. The molecule has 0 bridgehead atoms. The van der Waals surface area contributed by atoms with Crippen LogP contribution >= 0.6 is 0 Å². The molecule has 1 spiro atoms. The Morgan fingerprint density at radius 1 is 0.317 bits per heavy atom. The summed E-state index contributed by atoms with van der Waals surface area (Å²) in [7, 11) is 0. The number of benzene rings is 10. The van der Waals surface area contributed by atoms with E-state index in [1.165, 1.54) is 88.6 Å². The summed E-state index contributed by atoms with van der Waals surface area (Å²) in [6, 6.07) is 89.7. The van der Waals surface area contributed by atoms with Gasteiger partial charge in [-0.25, -0.2) is 0 Å². The Morgan fingerprint density at radius 3 is 1.22 bits per heavy atom. The molecule has 2 nitrogen and oxygen atoms in total. The van der Waals surface area contributed by atoms with E-state index in [-0.39, 0.29) is 0 Å². The van der Waals surface area contributed by atoms with Crippen LogP contribution in [0.2, 0.25) is 0 Å². The lowest BCUT2D eigenvalue weighted by Gasteiger charge is -2.33. The number of para-hydroxylation sites is 2. The van der Waals surface area contributed by atoms with E-state index in [9.17, 15) is 0 Å². The lowest BCUT2D eigenvalue weighted by atomic mass is 9.70. The van der Waals surface area contributed by atoms with Crippen LogP contribution in [0.4, 0.5) is 17.1 Å². The molecule has 0 aliphatic heterocycles. The Labute approximate surface area is 367 Å². The van der Waals surface area contributed by atoms with Crippen molar-refractivity contribution >= 4 is 38.9 Å². The predicted molar refractivity (Wildman–Crippen MR) is 263 cm³/mol. The van der Waals surface area contributed by atoms with E-state index >= 15 is 0 Å². The first-order chi connectivity index (χ1) is 31.3. The third-order valence-electron chi connectivity index (χ3n) is 13.6. The monoisotopic (exact) mass is 800 g/mol. The fraction of sp³-hybridized carbons (Fsp3) is 0.0164. The average Bonchev–Trinajstić information content (AvgIpc) is 3.97. The molecule has 0 amide bonds. The number of hydrogen-bond acceptors (Lipinski definition) is 1. The fourth-order valence-electron chi connectivity index (χ4n) is 11.0. The SMILES string of the molecule is c1ccc(-c2ccc(N(c3ccc(-c4ccccc4)cc3)c3cc(-n4c5ccccc5c5ccccc54)cc4c3-c3ccccc3C43c4ccccc4-c4ccccc43)cc2)cc1. The van der Waals surface area contributed by atoms with Crippen LogP contribution in [0.1, 0.15) is 22.3 Å². The van der Waals surface area contributed by atoms with Crippen LogP contribution in [0.3, 0.4) is 0 Å². The van der Waals surface area contributed by atoms with E-state index in [1.54, 1.807) is 0 Å². The highest BCUT2D eigenvalue weighted by atomic mass is 15.1. The van der Waals surface area contributed by atoms with Gasteiger partial charge in [0.1, 0.15) is 0 Å². The molecule has 2 aliphatic rings. The molecule has 0 atom stereocenters. The van der Waals surface area contributed by atoms with Crippen molar-refractivity contribution in [2.75, 3.05) is 4.90 Å². The normalized spacial score (nSPS) is 12.9. The second-order valence-corrected chi connectivity index (χ2v) is 16.8. The summed E-state index contributed by atoms with van der Waals surface area (Å²) in [6.45, 7) is 0. The first-order valence-electron chi connectivity index (χ1n) is 21.8. The highest BCUT2D eigenvalue weighted by molar-refractivity contribution is 6.10. The van der Waals surface area contributed by atoms with Gasteiger partial charge in [0.2, 0.25) is 0 Å². The third-order valence-corrected chi connectivity index (χ3v) is 13.6. The molecule has 294 valence electrons. The first-order valence-corrected chi connectivity index (χ1v) is 21.8. The van der Waals surface area contributed by atoms with Crippen molar-refractivity contribution in [1.29, 1.82) is 0 Å². The Balaban J connectivity index is 1.16. The molecule has 2 heteroatoms. The number of rotatable bonds is 6. The minimum absolute atomic E-state index is 0.539. The van der Waals surface area contributed by atoms with Crippen molar-refractivity contribution in [3.8, 4) is 50.2 Å². The second kappa shape index (κ2) is 13.9. The van der Waals surface area contributed by atoms with Crippen molar-refractivity contribution in [3.05, 3.63) is 265 Å². The third kappa shape index (κ3) is 5.19. The van der Waals surface area contributed by atoms with Gasteiger partial charge in [0.05, 0.1) is 22.1 Å². The Morgan fingerprint density at radius 2 is 0.714 bits per heavy atom. The number of fused-ring (bicyclic) bond motifs is 13. The molecule has 63 heavy (non-hydrogen) atoms. The van der Waals surface area contributed by atoms with Crippen LogP contribution in [0, 0.1) is 0 Å². The van der Waals surface area contributed by atoms with Crippen LogP contribution in [-0.2, 0) is 5.41 Å². The molecule has 0 N–H and O–H groups in total. The van der Waals surface area contributed by atoms with Crippen LogP contribution in [-0.4, -0.2) is 4.57 Å². The van der Waals surface area contributed by atoms with Gasteiger partial charge < -0.3 is 9.47 Å². The molecule has 13 rings (SSSR count). The van der Waals surface area contributed by atoms with Crippen LogP contribution in [0.5, 0.6) is 0 Å². The zero-order chi connectivity index (χ0) is 41.5. The maximum atomic E-state index is 2.52. The first kappa shape index (κ1) is 35.5. The second-order valence-electron chi connectivity index (χ2n) is 16.8. The minimum atomic E-state index is -0.539. The molecule has 0 saturated carbocycles. The zero-order valence-corrected chi connectivity index (χ0v) is 34.5. The lowest BCUT2D eigenvalue weighted by Crippen LogP contribution is -2.26. The quantitative estimate of drug-likeness (QED) is 0.163. The smallest absolute Gasteiger partial charge is 0.0727 e. The van der Waals surface area contributed by atoms with Gasteiger partial charge in [0.15, 0.2) is 0 Å². The molecule has 0 radical (unpaired) electrons. The topological polar surface area (TPSA) is 8.17 Å². The summed E-state index contributed by atoms with van der Waals surface area (Å²) in [5.41, 5.74) is 21.4. The van der Waals surface area contributed by atoms with Gasteiger partial charge >= 0.3 is 0 Å². The van der Waals surface area contributed by atoms with Crippen LogP contribution in [0.15, 0.2) is 243 Å². The molecule has 0 unspecified atom stereocenters. The van der Waals surface area contributed by atoms with E-state index < -0.39 is 5.41 Å². The molecule has 1 aromatic heterocycles. The molecule has 11 aromatic rings. The highest BCUT2D eigenvalue weighted by Gasteiger charge is 2.52. The van der Waals surface area contributed by atoms with Gasteiger partial charge in [0, 0.05) is 33.4 Å². The van der Waals surface area contributed by atoms with Gasteiger partial charge in [0.25, 0.3) is 0 Å². The molecule has 0 saturated heterocycles. The van der Waals surface area contributed by atoms with Gasteiger partial charge in [-0.1, -0.05) is 194 Å². The van der Waals surface area contributed by atoms with Crippen LogP contribution < -0.4 is 4.90 Å². The van der Waals surface area contributed by atoms with Gasteiger partial charge in [-0.2, -0.15) is 0 Å². The predicted octanol–water partition coefficient (Wildman–Crippen LogP) is 15.9. The number of aromatic nitrogens is 1. The average molecular weight is 801 g/mol.